The maximum Gasteiger partial charge on any atom is 0.208 e. The van der Waals surface area contributed by atoms with Gasteiger partial charge in [0.05, 0.1) is 0 Å². The highest BCUT2D eigenvalue weighted by atomic mass is 79.9. The quantitative estimate of drug-likeness (QED) is 0.726. The van der Waals surface area contributed by atoms with Crippen LogP contribution < -0.4 is 4.90 Å². The second kappa shape index (κ2) is 3.20. The predicted octanol–water partition coefficient (Wildman–Crippen LogP) is 2.15. The summed E-state index contributed by atoms with van der Waals surface area (Å²) in [5, 5.41) is 8.96. The maximum absolute atomic E-state index is 4.07. The molecule has 0 N–H and O–H groups in total. The number of halogens is 1. The van der Waals surface area contributed by atoms with E-state index in [1.54, 1.807) is 16.8 Å². The van der Waals surface area contributed by atoms with E-state index in [4.69, 9.17) is 0 Å². The molecular weight excluding hydrogens is 250 g/mol. The van der Waals surface area contributed by atoms with Crippen molar-refractivity contribution in [2.75, 3.05) is 18.0 Å². The number of aromatic nitrogens is 2. The summed E-state index contributed by atoms with van der Waals surface area (Å²) in [7, 11) is 0. The van der Waals surface area contributed by atoms with Crippen molar-refractivity contribution in [2.24, 2.45) is 5.41 Å². The first kappa shape index (κ1) is 9.40. The minimum atomic E-state index is 0.325. The molecule has 1 saturated heterocycles. The Morgan fingerprint density at radius 2 is 2.46 bits per heavy atom. The fourth-order valence-corrected chi connectivity index (χ4v) is 2.61. The van der Waals surface area contributed by atoms with E-state index in [1.165, 1.54) is 0 Å². The zero-order chi connectivity index (χ0) is 9.47. The Morgan fingerprint density at radius 3 is 2.92 bits per heavy atom. The maximum atomic E-state index is 4.07. The van der Waals surface area contributed by atoms with E-state index in [1.807, 2.05) is 0 Å². The van der Waals surface area contributed by atoms with Crippen LogP contribution in [0.4, 0.5) is 5.13 Å². The molecule has 1 unspecified atom stereocenters. The zero-order valence-corrected chi connectivity index (χ0v) is 10.1. The van der Waals surface area contributed by atoms with Gasteiger partial charge < -0.3 is 4.90 Å². The van der Waals surface area contributed by atoms with Crippen LogP contribution in [0.25, 0.3) is 0 Å². The number of hydrogen-bond donors (Lipinski definition) is 0. The average molecular weight is 262 g/mol. The molecule has 1 aromatic rings. The first-order chi connectivity index (χ1) is 6.09. The predicted molar refractivity (Wildman–Crippen MR) is 58.6 cm³/mol. The summed E-state index contributed by atoms with van der Waals surface area (Å²) in [5.41, 5.74) is 2.11. The van der Waals surface area contributed by atoms with Crippen LogP contribution in [0.5, 0.6) is 0 Å². The summed E-state index contributed by atoms with van der Waals surface area (Å²) < 4.78 is 0. The van der Waals surface area contributed by atoms with Crippen LogP contribution in [0.2, 0.25) is 0 Å². The molecule has 0 spiro atoms. The first-order valence-electron chi connectivity index (χ1n) is 4.25. The lowest BCUT2D eigenvalue weighted by molar-refractivity contribution is 0.434. The molecule has 0 amide bonds. The lowest BCUT2D eigenvalue weighted by Crippen LogP contribution is -2.23. The highest BCUT2D eigenvalue weighted by Gasteiger charge is 2.38. The Bertz CT molecular complexity index is 286. The molecule has 1 atom stereocenters. The van der Waals surface area contributed by atoms with Crippen LogP contribution in [-0.2, 0) is 0 Å². The SMILES string of the molecule is CC1(C)CN(c2nncs2)CC1Br. The van der Waals surface area contributed by atoms with Crippen molar-refractivity contribution in [3.63, 3.8) is 0 Å². The van der Waals surface area contributed by atoms with Crippen molar-refractivity contribution in [1.29, 1.82) is 0 Å². The van der Waals surface area contributed by atoms with Crippen molar-refractivity contribution in [2.45, 2.75) is 18.7 Å². The van der Waals surface area contributed by atoms with Gasteiger partial charge in [-0.15, -0.1) is 10.2 Å². The highest BCUT2D eigenvalue weighted by molar-refractivity contribution is 9.09. The van der Waals surface area contributed by atoms with Gasteiger partial charge in [0, 0.05) is 17.9 Å². The Morgan fingerprint density at radius 1 is 1.69 bits per heavy atom. The third kappa shape index (κ3) is 1.72. The van der Waals surface area contributed by atoms with Crippen molar-refractivity contribution in [3.8, 4) is 0 Å². The number of anilines is 1. The van der Waals surface area contributed by atoms with Crippen LogP contribution in [0.1, 0.15) is 13.8 Å². The van der Waals surface area contributed by atoms with Crippen molar-refractivity contribution in [3.05, 3.63) is 5.51 Å². The van der Waals surface area contributed by atoms with Gasteiger partial charge in [-0.3, -0.25) is 0 Å². The van der Waals surface area contributed by atoms with Crippen LogP contribution in [0.3, 0.4) is 0 Å². The van der Waals surface area contributed by atoms with Crippen LogP contribution >= 0.6 is 27.3 Å². The lowest BCUT2D eigenvalue weighted by Gasteiger charge is -2.20. The molecule has 2 heterocycles. The van der Waals surface area contributed by atoms with E-state index in [0.717, 1.165) is 18.2 Å². The van der Waals surface area contributed by atoms with Crippen LogP contribution in [0.15, 0.2) is 5.51 Å². The summed E-state index contributed by atoms with van der Waals surface area (Å²) in [6.45, 7) is 6.63. The average Bonchev–Trinajstić information content (AvgIpc) is 2.60. The van der Waals surface area contributed by atoms with E-state index in [9.17, 15) is 0 Å². The number of hydrogen-bond acceptors (Lipinski definition) is 4. The summed E-state index contributed by atoms with van der Waals surface area (Å²) in [6.07, 6.45) is 0. The molecule has 1 aromatic heterocycles. The molecule has 1 aliphatic rings. The van der Waals surface area contributed by atoms with Gasteiger partial charge in [0.2, 0.25) is 5.13 Å². The molecule has 0 radical (unpaired) electrons. The van der Waals surface area contributed by atoms with Gasteiger partial charge in [0.25, 0.3) is 0 Å². The molecule has 3 nitrogen and oxygen atoms in total. The largest absolute Gasteiger partial charge is 0.345 e. The Labute approximate surface area is 90.3 Å². The third-order valence-corrected chi connectivity index (χ3v) is 4.73. The fraction of sp³-hybridized carbons (Fsp3) is 0.750. The minimum Gasteiger partial charge on any atom is -0.345 e. The van der Waals surface area contributed by atoms with E-state index >= 15 is 0 Å². The summed E-state index contributed by atoms with van der Waals surface area (Å²) in [5.74, 6) is 0. The van der Waals surface area contributed by atoms with Crippen molar-refractivity contribution >= 4 is 32.4 Å². The van der Waals surface area contributed by atoms with E-state index in [-0.39, 0.29) is 0 Å². The molecule has 2 rings (SSSR count). The molecule has 72 valence electrons. The second-order valence-corrected chi connectivity index (χ2v) is 5.97. The molecule has 5 heteroatoms. The van der Waals surface area contributed by atoms with Gasteiger partial charge in [0.1, 0.15) is 5.51 Å². The van der Waals surface area contributed by atoms with E-state index < -0.39 is 0 Å². The summed E-state index contributed by atoms with van der Waals surface area (Å²) >= 11 is 5.31. The van der Waals surface area contributed by atoms with Gasteiger partial charge in [-0.25, -0.2) is 0 Å². The summed E-state index contributed by atoms with van der Waals surface area (Å²) in [6, 6.07) is 0. The second-order valence-electron chi connectivity index (χ2n) is 4.06. The number of alkyl halides is 1. The van der Waals surface area contributed by atoms with Gasteiger partial charge in [-0.05, 0) is 5.41 Å². The molecule has 0 saturated carbocycles. The number of rotatable bonds is 1. The topological polar surface area (TPSA) is 29.0 Å². The molecule has 1 aliphatic heterocycles. The molecule has 13 heavy (non-hydrogen) atoms. The van der Waals surface area contributed by atoms with Crippen molar-refractivity contribution in [1.82, 2.24) is 10.2 Å². The third-order valence-electron chi connectivity index (χ3n) is 2.45. The Kier molecular flexibility index (Phi) is 2.32. The lowest BCUT2D eigenvalue weighted by atomic mass is 9.93. The van der Waals surface area contributed by atoms with Gasteiger partial charge in [-0.1, -0.05) is 41.1 Å². The van der Waals surface area contributed by atoms with Gasteiger partial charge >= 0.3 is 0 Å². The van der Waals surface area contributed by atoms with Crippen LogP contribution in [0, 0.1) is 5.41 Å². The zero-order valence-electron chi connectivity index (χ0n) is 7.70. The smallest absolute Gasteiger partial charge is 0.208 e. The molecule has 0 aromatic carbocycles. The highest BCUT2D eigenvalue weighted by Crippen LogP contribution is 2.37. The Hall–Kier alpha value is -0.160. The van der Waals surface area contributed by atoms with E-state index in [2.05, 4.69) is 44.9 Å². The summed E-state index contributed by atoms with van der Waals surface area (Å²) in [4.78, 5) is 2.83. The molecule has 0 aliphatic carbocycles. The monoisotopic (exact) mass is 261 g/mol. The van der Waals surface area contributed by atoms with Crippen molar-refractivity contribution < 1.29 is 0 Å². The number of nitrogens with zero attached hydrogens (tertiary/aromatic N) is 3. The normalized spacial score (nSPS) is 26.7. The molecule has 0 bridgehead atoms. The Balaban J connectivity index is 2.15. The van der Waals surface area contributed by atoms with Gasteiger partial charge in [0.15, 0.2) is 0 Å². The first-order valence-corrected chi connectivity index (χ1v) is 6.04. The molecular formula is C8H12BrN3S. The van der Waals surface area contributed by atoms with Gasteiger partial charge in [-0.2, -0.15) is 0 Å². The minimum absolute atomic E-state index is 0.325. The standard InChI is InChI=1S/C8H12BrN3S/c1-8(2)4-12(3-6(8)9)7-11-10-5-13-7/h5-6H,3-4H2,1-2H3. The van der Waals surface area contributed by atoms with E-state index in [0.29, 0.717) is 10.2 Å². The fourth-order valence-electron chi connectivity index (χ4n) is 1.55. The molecule has 1 fully saturated rings. The van der Waals surface area contributed by atoms with Crippen LogP contribution in [-0.4, -0.2) is 28.1 Å².